The molecule has 1 aliphatic rings. The van der Waals surface area contributed by atoms with Crippen molar-refractivity contribution in [2.75, 3.05) is 25.0 Å². The van der Waals surface area contributed by atoms with Gasteiger partial charge >= 0.3 is 6.03 Å². The van der Waals surface area contributed by atoms with Crippen molar-refractivity contribution in [3.8, 4) is 0 Å². The van der Waals surface area contributed by atoms with Crippen molar-refractivity contribution >= 4 is 28.9 Å². The molecule has 0 aromatic heterocycles. The summed E-state index contributed by atoms with van der Waals surface area (Å²) in [6.07, 6.45) is 7.80. The number of nitrogens with zero attached hydrogens (tertiary/aromatic N) is 3. The number of hydrogen-bond acceptors (Lipinski definition) is 4. The van der Waals surface area contributed by atoms with Crippen LogP contribution in [0, 0.1) is 0 Å². The van der Waals surface area contributed by atoms with Crippen LogP contribution in [0.2, 0.25) is 0 Å². The highest BCUT2D eigenvalue weighted by molar-refractivity contribution is 6.22. The Balaban J connectivity index is 2.25. The molecule has 0 fully saturated rings. The standard InChI is InChI=1S/C23H32N4O2/c1-5-7-13-27(14-8-6-2)19-11-9-18(10-12-19)25-20-16-21(26(4)23(24)29)22(28)15-17(20)3/h9-12,15-16H,5-8,13-14H2,1-4H3,(H2,24,29). The minimum Gasteiger partial charge on any atom is -0.372 e. The number of aliphatic imine (C=N–C) groups is 1. The molecule has 29 heavy (non-hydrogen) atoms. The van der Waals surface area contributed by atoms with E-state index in [9.17, 15) is 9.59 Å². The maximum atomic E-state index is 12.2. The molecule has 1 aromatic carbocycles. The highest BCUT2D eigenvalue weighted by Crippen LogP contribution is 2.23. The van der Waals surface area contributed by atoms with E-state index in [0.717, 1.165) is 29.2 Å². The van der Waals surface area contributed by atoms with E-state index in [-0.39, 0.29) is 11.5 Å². The Morgan fingerprint density at radius 2 is 1.62 bits per heavy atom. The molecular weight excluding hydrogens is 364 g/mol. The Kier molecular flexibility index (Phi) is 8.19. The van der Waals surface area contributed by atoms with E-state index >= 15 is 0 Å². The first-order chi connectivity index (χ1) is 13.9. The number of rotatable bonds is 9. The minimum atomic E-state index is -0.680. The fraction of sp³-hybridized carbons (Fsp3) is 0.435. The summed E-state index contributed by atoms with van der Waals surface area (Å²) in [5.74, 6) is -0.249. The summed E-state index contributed by atoms with van der Waals surface area (Å²) in [7, 11) is 1.48. The van der Waals surface area contributed by atoms with Crippen LogP contribution in [0.25, 0.3) is 0 Å². The van der Waals surface area contributed by atoms with Gasteiger partial charge in [-0.25, -0.2) is 9.79 Å². The first-order valence-electron chi connectivity index (χ1n) is 10.3. The van der Waals surface area contributed by atoms with Crippen LogP contribution < -0.4 is 10.6 Å². The van der Waals surface area contributed by atoms with E-state index in [1.165, 1.54) is 44.5 Å². The number of benzene rings is 1. The summed E-state index contributed by atoms with van der Waals surface area (Å²) in [5, 5.41) is 0. The van der Waals surface area contributed by atoms with E-state index in [4.69, 9.17) is 5.73 Å². The smallest absolute Gasteiger partial charge is 0.319 e. The summed E-state index contributed by atoms with van der Waals surface area (Å²) in [4.78, 5) is 31.9. The van der Waals surface area contributed by atoms with Gasteiger partial charge in [0.1, 0.15) is 0 Å². The van der Waals surface area contributed by atoms with E-state index in [2.05, 4.69) is 35.9 Å². The Bertz CT molecular complexity index is 814. The van der Waals surface area contributed by atoms with Gasteiger partial charge in [-0.2, -0.15) is 0 Å². The molecule has 1 aliphatic carbocycles. The number of carbonyl (C=O) groups excluding carboxylic acids is 2. The Labute approximate surface area is 173 Å². The summed E-state index contributed by atoms with van der Waals surface area (Å²) >= 11 is 0. The average Bonchev–Trinajstić information content (AvgIpc) is 2.70. The van der Waals surface area contributed by atoms with Crippen LogP contribution in [0.3, 0.4) is 0 Å². The van der Waals surface area contributed by atoms with E-state index in [1.54, 1.807) is 6.08 Å². The maximum Gasteiger partial charge on any atom is 0.319 e. The van der Waals surface area contributed by atoms with Crippen LogP contribution in [0.15, 0.2) is 52.7 Å². The van der Waals surface area contributed by atoms with E-state index < -0.39 is 6.03 Å². The molecule has 2 amide bonds. The van der Waals surface area contributed by atoms with Gasteiger partial charge in [0.2, 0.25) is 5.78 Å². The number of anilines is 1. The number of unbranched alkanes of at least 4 members (excludes halogenated alkanes) is 2. The lowest BCUT2D eigenvalue weighted by Gasteiger charge is -2.24. The molecular formula is C23H32N4O2. The number of urea groups is 1. The normalized spacial score (nSPS) is 15.2. The fourth-order valence-corrected chi connectivity index (χ4v) is 3.11. The van der Waals surface area contributed by atoms with Crippen LogP contribution in [-0.2, 0) is 4.79 Å². The predicted molar refractivity (Wildman–Crippen MR) is 120 cm³/mol. The average molecular weight is 397 g/mol. The monoisotopic (exact) mass is 396 g/mol. The highest BCUT2D eigenvalue weighted by atomic mass is 16.2. The number of nitrogens with two attached hydrogens (primary N) is 1. The Morgan fingerprint density at radius 3 is 2.14 bits per heavy atom. The van der Waals surface area contributed by atoms with Crippen molar-refractivity contribution in [2.45, 2.75) is 46.5 Å². The molecule has 6 nitrogen and oxygen atoms in total. The number of ketones is 1. The molecule has 156 valence electrons. The lowest BCUT2D eigenvalue weighted by Crippen LogP contribution is -2.35. The lowest BCUT2D eigenvalue weighted by molar-refractivity contribution is -0.112. The quantitative estimate of drug-likeness (QED) is 0.620. The molecule has 0 spiro atoms. The van der Waals surface area contributed by atoms with Crippen molar-refractivity contribution in [1.82, 2.24) is 4.90 Å². The van der Waals surface area contributed by atoms with Crippen molar-refractivity contribution in [3.63, 3.8) is 0 Å². The van der Waals surface area contributed by atoms with Crippen molar-refractivity contribution in [2.24, 2.45) is 10.7 Å². The molecule has 0 heterocycles. The number of primary amides is 1. The van der Waals surface area contributed by atoms with Crippen molar-refractivity contribution in [3.05, 3.63) is 47.7 Å². The van der Waals surface area contributed by atoms with Crippen LogP contribution in [0.1, 0.15) is 46.5 Å². The summed E-state index contributed by atoms with van der Waals surface area (Å²) in [5.41, 5.74) is 8.94. The molecule has 0 bridgehead atoms. The van der Waals surface area contributed by atoms with Crippen LogP contribution in [0.5, 0.6) is 0 Å². The lowest BCUT2D eigenvalue weighted by atomic mass is 10.0. The Morgan fingerprint density at radius 1 is 1.03 bits per heavy atom. The molecule has 0 saturated carbocycles. The fourth-order valence-electron chi connectivity index (χ4n) is 3.11. The Hall–Kier alpha value is -2.89. The topological polar surface area (TPSA) is 79.0 Å². The van der Waals surface area contributed by atoms with Gasteiger partial charge in [0.05, 0.1) is 17.1 Å². The van der Waals surface area contributed by atoms with Gasteiger partial charge in [0, 0.05) is 25.8 Å². The third-order valence-corrected chi connectivity index (χ3v) is 5.00. The molecule has 0 unspecified atom stereocenters. The molecule has 0 radical (unpaired) electrons. The van der Waals surface area contributed by atoms with Gasteiger partial charge in [0.25, 0.3) is 0 Å². The minimum absolute atomic E-state index is 0.226. The molecule has 0 saturated heterocycles. The van der Waals surface area contributed by atoms with Crippen molar-refractivity contribution < 1.29 is 9.59 Å². The van der Waals surface area contributed by atoms with Gasteiger partial charge in [0.15, 0.2) is 0 Å². The summed E-state index contributed by atoms with van der Waals surface area (Å²) in [6, 6.07) is 7.49. The second kappa shape index (κ2) is 10.6. The van der Waals surface area contributed by atoms with E-state index in [0.29, 0.717) is 5.71 Å². The van der Waals surface area contributed by atoms with Gasteiger partial charge in [-0.15, -0.1) is 0 Å². The number of allylic oxidation sites excluding steroid dienone is 3. The van der Waals surface area contributed by atoms with E-state index in [1.807, 2.05) is 19.1 Å². The van der Waals surface area contributed by atoms with Crippen LogP contribution >= 0.6 is 0 Å². The second-order valence-corrected chi connectivity index (χ2v) is 7.33. The second-order valence-electron chi connectivity index (χ2n) is 7.33. The zero-order valence-corrected chi connectivity index (χ0v) is 17.9. The van der Waals surface area contributed by atoms with Gasteiger partial charge < -0.3 is 10.6 Å². The number of amides is 2. The van der Waals surface area contributed by atoms with Crippen LogP contribution in [0.4, 0.5) is 16.2 Å². The number of hydrogen-bond donors (Lipinski definition) is 1. The first kappa shape index (κ1) is 22.4. The molecule has 2 N–H and O–H groups in total. The number of likely N-dealkylation sites (N-methyl/N-ethyl adjacent to an activating group) is 1. The molecule has 0 aliphatic heterocycles. The third-order valence-electron chi connectivity index (χ3n) is 5.00. The first-order valence-corrected chi connectivity index (χ1v) is 10.3. The number of carbonyl (C=O) groups is 2. The summed E-state index contributed by atoms with van der Waals surface area (Å²) in [6.45, 7) is 8.36. The molecule has 0 atom stereocenters. The van der Waals surface area contributed by atoms with Crippen molar-refractivity contribution in [1.29, 1.82) is 0 Å². The van der Waals surface area contributed by atoms with Gasteiger partial charge in [-0.3, -0.25) is 9.69 Å². The zero-order chi connectivity index (χ0) is 21.4. The third kappa shape index (κ3) is 6.04. The molecule has 6 heteroatoms. The largest absolute Gasteiger partial charge is 0.372 e. The molecule has 2 rings (SSSR count). The highest BCUT2D eigenvalue weighted by Gasteiger charge is 2.22. The van der Waals surface area contributed by atoms with Gasteiger partial charge in [-0.1, -0.05) is 26.7 Å². The summed E-state index contributed by atoms with van der Waals surface area (Å²) < 4.78 is 0. The SMILES string of the molecule is CCCCN(CCCC)c1ccc(N=C2C=C(N(C)C(N)=O)C(=O)C=C2C)cc1. The maximum absolute atomic E-state index is 12.2. The zero-order valence-electron chi connectivity index (χ0n) is 17.9. The van der Waals surface area contributed by atoms with Gasteiger partial charge in [-0.05, 0) is 61.8 Å². The predicted octanol–water partition coefficient (Wildman–Crippen LogP) is 4.59. The van der Waals surface area contributed by atoms with Crippen LogP contribution in [-0.4, -0.2) is 42.6 Å². The molecule has 1 aromatic rings.